The van der Waals surface area contributed by atoms with Crippen LogP contribution < -0.4 is 4.74 Å². The summed E-state index contributed by atoms with van der Waals surface area (Å²) in [5, 5.41) is 18.7. The summed E-state index contributed by atoms with van der Waals surface area (Å²) in [5.41, 5.74) is 3.66. The van der Waals surface area contributed by atoms with Crippen LogP contribution in [-0.2, 0) is 0 Å². The number of aromatic nitrogens is 4. The second kappa shape index (κ2) is 9.25. The van der Waals surface area contributed by atoms with Crippen molar-refractivity contribution in [3.63, 3.8) is 0 Å². The molecule has 30 heavy (non-hydrogen) atoms. The van der Waals surface area contributed by atoms with Crippen LogP contribution in [0, 0.1) is 18.3 Å². The fraction of sp³-hybridized carbons (Fsp3) is 0.130. The Hall–Kier alpha value is -3.63. The zero-order chi connectivity index (χ0) is 20.8. The van der Waals surface area contributed by atoms with Crippen molar-refractivity contribution in [3.05, 3.63) is 84.2 Å². The number of nitriles is 1. The second-order valence-electron chi connectivity index (χ2n) is 6.51. The van der Waals surface area contributed by atoms with Crippen molar-refractivity contribution >= 4 is 11.8 Å². The number of pyridine rings is 1. The molecule has 0 unspecified atom stereocenters. The third-order valence-electron chi connectivity index (χ3n) is 4.46. The molecule has 0 fully saturated rings. The van der Waals surface area contributed by atoms with Crippen LogP contribution in [0.3, 0.4) is 0 Å². The van der Waals surface area contributed by atoms with Crippen LogP contribution in [0.4, 0.5) is 0 Å². The van der Waals surface area contributed by atoms with Crippen LogP contribution in [-0.4, -0.2) is 32.1 Å². The lowest BCUT2D eigenvalue weighted by molar-refractivity contribution is 0.344. The average Bonchev–Trinajstić information content (AvgIpc) is 3.21. The molecular formula is C23H19N5OS. The molecule has 0 aliphatic carbocycles. The summed E-state index contributed by atoms with van der Waals surface area (Å²) in [5.74, 6) is 2.13. The average molecular weight is 414 g/mol. The molecule has 2 aromatic carbocycles. The molecule has 6 nitrogen and oxygen atoms in total. The molecule has 7 heteroatoms. The van der Waals surface area contributed by atoms with Gasteiger partial charge in [0.1, 0.15) is 5.75 Å². The number of benzene rings is 2. The summed E-state index contributed by atoms with van der Waals surface area (Å²) in [6.07, 6.45) is 3.53. The van der Waals surface area contributed by atoms with Gasteiger partial charge >= 0.3 is 0 Å². The first-order valence-electron chi connectivity index (χ1n) is 9.44. The molecule has 0 N–H and O–H groups in total. The van der Waals surface area contributed by atoms with Crippen LogP contribution in [0.1, 0.15) is 11.1 Å². The van der Waals surface area contributed by atoms with Crippen LogP contribution in [0.2, 0.25) is 0 Å². The molecule has 0 saturated heterocycles. The molecule has 0 aliphatic rings. The van der Waals surface area contributed by atoms with E-state index < -0.39 is 0 Å². The van der Waals surface area contributed by atoms with Gasteiger partial charge in [-0.15, -0.1) is 10.2 Å². The van der Waals surface area contributed by atoms with Crippen LogP contribution >= 0.6 is 11.8 Å². The number of aryl methyl sites for hydroxylation is 1. The largest absolute Gasteiger partial charge is 0.493 e. The molecule has 0 spiro atoms. The lowest BCUT2D eigenvalue weighted by Gasteiger charge is -2.13. The first kappa shape index (κ1) is 19.7. The number of rotatable bonds is 7. The highest BCUT2D eigenvalue weighted by Crippen LogP contribution is 2.29. The van der Waals surface area contributed by atoms with Crippen molar-refractivity contribution < 1.29 is 4.74 Å². The lowest BCUT2D eigenvalue weighted by atomic mass is 10.2. The van der Waals surface area contributed by atoms with Crippen LogP contribution in [0.5, 0.6) is 5.75 Å². The third kappa shape index (κ3) is 4.34. The van der Waals surface area contributed by atoms with E-state index >= 15 is 0 Å². The zero-order valence-electron chi connectivity index (χ0n) is 16.4. The van der Waals surface area contributed by atoms with Crippen molar-refractivity contribution in [1.29, 1.82) is 5.26 Å². The highest BCUT2D eigenvalue weighted by molar-refractivity contribution is 7.99. The molecule has 0 radical (unpaired) electrons. The smallest absolute Gasteiger partial charge is 0.196 e. The van der Waals surface area contributed by atoms with Gasteiger partial charge < -0.3 is 4.74 Å². The Balaban J connectivity index is 1.55. The normalized spacial score (nSPS) is 10.5. The van der Waals surface area contributed by atoms with E-state index in [-0.39, 0.29) is 0 Å². The highest BCUT2D eigenvalue weighted by atomic mass is 32.2. The van der Waals surface area contributed by atoms with E-state index in [1.807, 2.05) is 36.4 Å². The standard InChI is InChI=1S/C23H19N5OS/c1-17-6-2-3-10-21(17)28-22(19-8-5-11-25-16-19)26-27-23(28)30-13-12-29-20-9-4-7-18(14-20)15-24/h2-11,14,16H,12-13H2,1H3. The van der Waals surface area contributed by atoms with Gasteiger partial charge in [-0.25, -0.2) is 0 Å². The Kier molecular flexibility index (Phi) is 6.06. The van der Waals surface area contributed by atoms with E-state index in [0.717, 1.165) is 27.8 Å². The molecule has 4 aromatic rings. The van der Waals surface area contributed by atoms with Gasteiger partial charge in [-0.1, -0.05) is 36.0 Å². The van der Waals surface area contributed by atoms with E-state index in [0.29, 0.717) is 23.7 Å². The van der Waals surface area contributed by atoms with Crippen molar-refractivity contribution in [2.45, 2.75) is 12.1 Å². The summed E-state index contributed by atoms with van der Waals surface area (Å²) < 4.78 is 7.85. The number of nitrogens with zero attached hydrogens (tertiary/aromatic N) is 5. The fourth-order valence-electron chi connectivity index (χ4n) is 3.02. The minimum atomic E-state index is 0.488. The van der Waals surface area contributed by atoms with Gasteiger partial charge in [-0.3, -0.25) is 9.55 Å². The summed E-state index contributed by atoms with van der Waals surface area (Å²) in [7, 11) is 0. The van der Waals surface area contributed by atoms with Gasteiger partial charge in [0.15, 0.2) is 11.0 Å². The predicted octanol–water partition coefficient (Wildman–Crippen LogP) is 4.68. The molecule has 2 aromatic heterocycles. The predicted molar refractivity (Wildman–Crippen MR) is 117 cm³/mol. The molecular weight excluding hydrogens is 394 g/mol. The molecule has 148 valence electrons. The van der Waals surface area contributed by atoms with E-state index in [4.69, 9.17) is 10.00 Å². The van der Waals surface area contributed by atoms with Gasteiger partial charge in [0.2, 0.25) is 0 Å². The topological polar surface area (TPSA) is 76.6 Å². The first-order chi connectivity index (χ1) is 14.8. The molecule has 0 saturated carbocycles. The van der Waals surface area contributed by atoms with Crippen molar-refractivity contribution in [2.24, 2.45) is 0 Å². The van der Waals surface area contributed by atoms with E-state index in [1.54, 1.807) is 36.3 Å². The molecule has 2 heterocycles. The van der Waals surface area contributed by atoms with E-state index in [1.165, 1.54) is 0 Å². The Labute approximate surface area is 179 Å². The Morgan fingerprint density at radius 2 is 1.97 bits per heavy atom. The highest BCUT2D eigenvalue weighted by Gasteiger charge is 2.17. The summed E-state index contributed by atoms with van der Waals surface area (Å²) in [4.78, 5) is 4.22. The van der Waals surface area contributed by atoms with Gasteiger partial charge in [0.05, 0.1) is 23.9 Å². The van der Waals surface area contributed by atoms with Crippen LogP contribution in [0.15, 0.2) is 78.2 Å². The van der Waals surface area contributed by atoms with Crippen molar-refractivity contribution in [3.8, 4) is 28.9 Å². The van der Waals surface area contributed by atoms with Crippen LogP contribution in [0.25, 0.3) is 17.1 Å². The van der Waals surface area contributed by atoms with E-state index in [9.17, 15) is 0 Å². The summed E-state index contributed by atoms with van der Waals surface area (Å²) >= 11 is 1.57. The maximum atomic E-state index is 9.01. The lowest BCUT2D eigenvalue weighted by Crippen LogP contribution is -2.04. The molecule has 0 atom stereocenters. The molecule has 4 rings (SSSR count). The van der Waals surface area contributed by atoms with Crippen molar-refractivity contribution in [1.82, 2.24) is 19.7 Å². The third-order valence-corrected chi connectivity index (χ3v) is 5.35. The Morgan fingerprint density at radius 1 is 1.07 bits per heavy atom. The maximum Gasteiger partial charge on any atom is 0.196 e. The van der Waals surface area contributed by atoms with Gasteiger partial charge in [-0.05, 0) is 48.9 Å². The van der Waals surface area contributed by atoms with Gasteiger partial charge in [-0.2, -0.15) is 5.26 Å². The van der Waals surface area contributed by atoms with Gasteiger partial charge in [0, 0.05) is 23.7 Å². The Bertz CT molecular complexity index is 1180. The number of ether oxygens (including phenoxy) is 1. The number of hydrogen-bond acceptors (Lipinski definition) is 6. The minimum Gasteiger partial charge on any atom is -0.493 e. The monoisotopic (exact) mass is 413 g/mol. The number of hydrogen-bond donors (Lipinski definition) is 0. The van der Waals surface area contributed by atoms with Gasteiger partial charge in [0.25, 0.3) is 0 Å². The quantitative estimate of drug-likeness (QED) is 0.323. The molecule has 0 aliphatic heterocycles. The molecule has 0 bridgehead atoms. The maximum absolute atomic E-state index is 9.01. The number of thioether (sulfide) groups is 1. The van der Waals surface area contributed by atoms with Crippen molar-refractivity contribution in [2.75, 3.05) is 12.4 Å². The Morgan fingerprint density at radius 3 is 2.77 bits per heavy atom. The summed E-state index contributed by atoms with van der Waals surface area (Å²) in [6, 6.07) is 21.3. The molecule has 0 amide bonds. The zero-order valence-corrected chi connectivity index (χ0v) is 17.2. The first-order valence-corrected chi connectivity index (χ1v) is 10.4. The van der Waals surface area contributed by atoms with E-state index in [2.05, 4.69) is 44.9 Å². The number of para-hydroxylation sites is 1. The SMILES string of the molecule is Cc1ccccc1-n1c(SCCOc2cccc(C#N)c2)nnc1-c1cccnc1. The fourth-order valence-corrected chi connectivity index (χ4v) is 3.79. The minimum absolute atomic E-state index is 0.488. The second-order valence-corrected chi connectivity index (χ2v) is 7.57. The summed E-state index contributed by atoms with van der Waals surface area (Å²) in [6.45, 7) is 2.56.